The number of allylic oxidation sites excluding steroid dienone is 4. The number of aryl methyl sites for hydroxylation is 1. The third-order valence-electron chi connectivity index (χ3n) is 5.48. The van der Waals surface area contributed by atoms with Crippen LogP contribution in [0.5, 0.6) is 0 Å². The fourth-order valence-electron chi connectivity index (χ4n) is 2.91. The Bertz CT molecular complexity index is 926. The molecular formula is C26H38ClN5O2. The maximum Gasteiger partial charge on any atom is 0.344 e. The summed E-state index contributed by atoms with van der Waals surface area (Å²) in [7, 11) is 3.44. The van der Waals surface area contributed by atoms with Crippen molar-refractivity contribution in [3.8, 4) is 0 Å². The average Bonchev–Trinajstić information content (AvgIpc) is 2.84. The Hall–Kier alpha value is -2.93. The topological polar surface area (TPSA) is 69.1 Å². The van der Waals surface area contributed by atoms with E-state index in [0.717, 1.165) is 24.0 Å². The molecule has 7 nitrogen and oxygen atoms in total. The van der Waals surface area contributed by atoms with Crippen molar-refractivity contribution in [1.29, 1.82) is 0 Å². The van der Waals surface area contributed by atoms with Crippen LogP contribution in [0.25, 0.3) is 0 Å². The number of likely N-dealkylation sites (N-methyl/N-ethyl adjacent to an activating group) is 1. The Labute approximate surface area is 209 Å². The van der Waals surface area contributed by atoms with E-state index in [0.29, 0.717) is 30.1 Å². The summed E-state index contributed by atoms with van der Waals surface area (Å²) in [6.07, 6.45) is 13.2. The second-order valence-electron chi connectivity index (χ2n) is 8.22. The minimum atomic E-state index is -0.332. The SMILES string of the molecule is C=C(/C=C\C(Cl)=C/C)N(C)C(=O)N(/N=C/c1ccncc1C)C(C)CCN(C)C(=O)CCCC. The fraction of sp³-hybridized carbons (Fsp3) is 0.462. The summed E-state index contributed by atoms with van der Waals surface area (Å²) < 4.78 is 0. The van der Waals surface area contributed by atoms with Crippen LogP contribution < -0.4 is 0 Å². The van der Waals surface area contributed by atoms with Crippen LogP contribution in [0.4, 0.5) is 4.79 Å². The lowest BCUT2D eigenvalue weighted by Crippen LogP contribution is -2.43. The molecule has 0 bridgehead atoms. The fourth-order valence-corrected chi connectivity index (χ4v) is 2.97. The molecular weight excluding hydrogens is 450 g/mol. The first kappa shape index (κ1) is 29.1. The maximum absolute atomic E-state index is 13.4. The molecule has 0 radical (unpaired) electrons. The largest absolute Gasteiger partial charge is 0.346 e. The molecule has 1 rings (SSSR count). The predicted molar refractivity (Wildman–Crippen MR) is 141 cm³/mol. The molecule has 186 valence electrons. The summed E-state index contributed by atoms with van der Waals surface area (Å²) in [5.41, 5.74) is 2.30. The number of unbranched alkanes of at least 4 members (excludes halogenated alkanes) is 1. The van der Waals surface area contributed by atoms with Crippen molar-refractivity contribution in [2.75, 3.05) is 20.6 Å². The molecule has 1 aromatic rings. The van der Waals surface area contributed by atoms with Gasteiger partial charge in [0.1, 0.15) is 0 Å². The number of hydrogen-bond donors (Lipinski definition) is 0. The molecule has 34 heavy (non-hydrogen) atoms. The number of rotatable bonds is 12. The van der Waals surface area contributed by atoms with Gasteiger partial charge in [0.25, 0.3) is 0 Å². The van der Waals surface area contributed by atoms with Crippen LogP contribution in [0.3, 0.4) is 0 Å². The molecule has 0 saturated heterocycles. The highest BCUT2D eigenvalue weighted by Crippen LogP contribution is 2.15. The Kier molecular flexibility index (Phi) is 12.9. The molecule has 0 spiro atoms. The van der Waals surface area contributed by atoms with Gasteiger partial charge in [-0.3, -0.25) is 14.7 Å². The second-order valence-corrected chi connectivity index (χ2v) is 8.65. The normalized spacial score (nSPS) is 12.7. The average molecular weight is 488 g/mol. The zero-order chi connectivity index (χ0) is 25.7. The molecule has 0 saturated carbocycles. The third kappa shape index (κ3) is 9.51. The predicted octanol–water partition coefficient (Wildman–Crippen LogP) is 5.72. The Morgan fingerprint density at radius 2 is 2.00 bits per heavy atom. The van der Waals surface area contributed by atoms with E-state index in [4.69, 9.17) is 11.6 Å². The van der Waals surface area contributed by atoms with Crippen LogP contribution in [0.2, 0.25) is 0 Å². The summed E-state index contributed by atoms with van der Waals surface area (Å²) in [5.74, 6) is 0.110. The lowest BCUT2D eigenvalue weighted by atomic mass is 10.2. The molecule has 1 atom stereocenters. The molecule has 0 aliphatic heterocycles. The first-order chi connectivity index (χ1) is 16.1. The summed E-state index contributed by atoms with van der Waals surface area (Å²) in [6.45, 7) is 12.2. The summed E-state index contributed by atoms with van der Waals surface area (Å²) in [4.78, 5) is 32.9. The number of hydrogen-bond acceptors (Lipinski definition) is 4. The van der Waals surface area contributed by atoms with Crippen molar-refractivity contribution in [2.24, 2.45) is 5.10 Å². The molecule has 8 heteroatoms. The van der Waals surface area contributed by atoms with Gasteiger partial charge < -0.3 is 4.90 Å². The van der Waals surface area contributed by atoms with Gasteiger partial charge in [0.05, 0.1) is 12.3 Å². The molecule has 0 N–H and O–H groups in total. The van der Waals surface area contributed by atoms with Gasteiger partial charge in [-0.1, -0.05) is 37.6 Å². The van der Waals surface area contributed by atoms with Crippen LogP contribution in [-0.4, -0.2) is 64.6 Å². The van der Waals surface area contributed by atoms with E-state index in [1.165, 1.54) is 9.91 Å². The maximum atomic E-state index is 13.4. The van der Waals surface area contributed by atoms with Gasteiger partial charge in [-0.2, -0.15) is 5.10 Å². The van der Waals surface area contributed by atoms with Crippen molar-refractivity contribution < 1.29 is 9.59 Å². The number of aromatic nitrogens is 1. The Morgan fingerprint density at radius 3 is 2.62 bits per heavy atom. The highest BCUT2D eigenvalue weighted by Gasteiger charge is 2.24. The van der Waals surface area contributed by atoms with E-state index >= 15 is 0 Å². The standard InChI is InChI=1S/C26H38ClN5O2/c1-8-10-11-25(33)30(6)17-15-22(5)32(29-19-23-14-16-28-18-20(23)3)26(34)31(7)21(4)12-13-24(27)9-2/h9,12-14,16,18-19,22H,4,8,10-11,15,17H2,1-3,5-7H3/b13-12-,24-9+,29-19+. The van der Waals surface area contributed by atoms with Crippen molar-refractivity contribution in [3.05, 3.63) is 65.1 Å². The van der Waals surface area contributed by atoms with Gasteiger partial charge in [0, 0.05) is 55.7 Å². The number of carbonyl (C=O) groups excluding carboxylic acids is 2. The minimum Gasteiger partial charge on any atom is -0.346 e. The molecule has 1 heterocycles. The van der Waals surface area contributed by atoms with Crippen molar-refractivity contribution >= 4 is 29.8 Å². The number of carbonyl (C=O) groups is 2. The van der Waals surface area contributed by atoms with E-state index in [-0.39, 0.29) is 18.0 Å². The van der Waals surface area contributed by atoms with Crippen LogP contribution in [0.1, 0.15) is 57.6 Å². The first-order valence-electron chi connectivity index (χ1n) is 11.6. The Balaban J connectivity index is 3.06. The highest BCUT2D eigenvalue weighted by molar-refractivity contribution is 6.31. The van der Waals surface area contributed by atoms with Gasteiger partial charge in [-0.25, -0.2) is 9.80 Å². The molecule has 1 aromatic heterocycles. The molecule has 1 unspecified atom stereocenters. The number of pyridine rings is 1. The van der Waals surface area contributed by atoms with Gasteiger partial charge in [0.15, 0.2) is 0 Å². The van der Waals surface area contributed by atoms with Crippen molar-refractivity contribution in [1.82, 2.24) is 19.8 Å². The van der Waals surface area contributed by atoms with Gasteiger partial charge in [-0.05, 0) is 57.4 Å². The van der Waals surface area contributed by atoms with E-state index in [1.54, 1.807) is 55.8 Å². The van der Waals surface area contributed by atoms with Gasteiger partial charge in [-0.15, -0.1) is 0 Å². The second kappa shape index (κ2) is 15.1. The summed E-state index contributed by atoms with van der Waals surface area (Å²) in [6, 6.07) is 1.25. The van der Waals surface area contributed by atoms with Gasteiger partial charge in [0.2, 0.25) is 5.91 Å². The lowest BCUT2D eigenvalue weighted by Gasteiger charge is -2.30. The number of nitrogens with zero attached hydrogens (tertiary/aromatic N) is 5. The van der Waals surface area contributed by atoms with Crippen molar-refractivity contribution in [2.45, 2.75) is 59.4 Å². The van der Waals surface area contributed by atoms with Gasteiger partial charge >= 0.3 is 6.03 Å². The zero-order valence-electron chi connectivity index (χ0n) is 21.3. The highest BCUT2D eigenvalue weighted by atomic mass is 35.5. The van der Waals surface area contributed by atoms with E-state index in [9.17, 15) is 9.59 Å². The van der Waals surface area contributed by atoms with E-state index in [2.05, 4.69) is 23.6 Å². The summed E-state index contributed by atoms with van der Waals surface area (Å²) >= 11 is 6.03. The first-order valence-corrected chi connectivity index (χ1v) is 11.9. The zero-order valence-corrected chi connectivity index (χ0v) is 22.0. The smallest absolute Gasteiger partial charge is 0.344 e. The van der Waals surface area contributed by atoms with Crippen LogP contribution in [0.15, 0.2) is 59.1 Å². The van der Waals surface area contributed by atoms with Crippen molar-refractivity contribution in [3.63, 3.8) is 0 Å². The van der Waals surface area contributed by atoms with Crippen LogP contribution in [-0.2, 0) is 4.79 Å². The molecule has 0 aliphatic rings. The molecule has 0 fully saturated rings. The molecule has 3 amide bonds. The molecule has 0 aliphatic carbocycles. The third-order valence-corrected chi connectivity index (χ3v) is 5.82. The van der Waals surface area contributed by atoms with E-state index in [1.807, 2.05) is 26.8 Å². The number of halogens is 1. The quantitative estimate of drug-likeness (QED) is 0.215. The van der Waals surface area contributed by atoms with Crippen LogP contribution >= 0.6 is 11.6 Å². The Morgan fingerprint density at radius 1 is 1.29 bits per heavy atom. The molecule has 0 aromatic carbocycles. The number of urea groups is 1. The van der Waals surface area contributed by atoms with Crippen LogP contribution in [0, 0.1) is 6.92 Å². The minimum absolute atomic E-state index is 0.110. The lowest BCUT2D eigenvalue weighted by molar-refractivity contribution is -0.130. The monoisotopic (exact) mass is 487 g/mol. The number of amides is 3. The summed E-state index contributed by atoms with van der Waals surface area (Å²) in [5, 5.41) is 6.51. The number of hydrazone groups is 1. The van der Waals surface area contributed by atoms with E-state index < -0.39 is 0 Å².